The van der Waals surface area contributed by atoms with Gasteiger partial charge in [-0.05, 0) is 61.1 Å². The van der Waals surface area contributed by atoms with Crippen LogP contribution in [0.25, 0.3) is 11.1 Å². The van der Waals surface area contributed by atoms with Crippen molar-refractivity contribution in [2.45, 2.75) is 44.4 Å². The molecule has 210 valence electrons. The molecule has 3 aromatic rings. The zero-order valence-electron chi connectivity index (χ0n) is 21.8. The Kier molecular flexibility index (Phi) is 8.02. The molecule has 1 aromatic heterocycles. The molecular weight excluding hydrogens is 523 g/mol. The van der Waals surface area contributed by atoms with E-state index in [4.69, 9.17) is 0 Å². The molecule has 0 aliphatic carbocycles. The first-order chi connectivity index (χ1) is 19.2. The molecule has 1 amide bonds. The van der Waals surface area contributed by atoms with Crippen LogP contribution >= 0.6 is 0 Å². The van der Waals surface area contributed by atoms with Gasteiger partial charge in [0.2, 0.25) is 0 Å². The van der Waals surface area contributed by atoms with Gasteiger partial charge in [0.1, 0.15) is 11.9 Å². The Morgan fingerprint density at radius 1 is 0.975 bits per heavy atom. The first-order valence-electron chi connectivity index (χ1n) is 13.3. The lowest BCUT2D eigenvalue weighted by Gasteiger charge is -2.30. The predicted molar refractivity (Wildman–Crippen MR) is 144 cm³/mol. The van der Waals surface area contributed by atoms with E-state index >= 15 is 0 Å². The van der Waals surface area contributed by atoms with Gasteiger partial charge in [0, 0.05) is 25.2 Å². The van der Waals surface area contributed by atoms with Gasteiger partial charge < -0.3 is 15.3 Å². The molecule has 0 unspecified atom stereocenters. The smallest absolute Gasteiger partial charge is 0.404 e. The van der Waals surface area contributed by atoms with Crippen LogP contribution in [0.15, 0.2) is 60.9 Å². The van der Waals surface area contributed by atoms with Crippen molar-refractivity contribution in [1.82, 2.24) is 14.9 Å². The van der Waals surface area contributed by atoms with E-state index in [0.29, 0.717) is 55.8 Å². The Labute approximate surface area is 229 Å². The van der Waals surface area contributed by atoms with Crippen molar-refractivity contribution in [1.29, 1.82) is 0 Å². The average molecular weight is 554 g/mol. The van der Waals surface area contributed by atoms with Gasteiger partial charge in [0.05, 0.1) is 18.3 Å². The molecule has 8 nitrogen and oxygen atoms in total. The van der Waals surface area contributed by atoms with Crippen LogP contribution in [-0.4, -0.2) is 63.7 Å². The number of aliphatic carboxylic acids is 1. The second kappa shape index (κ2) is 11.6. The van der Waals surface area contributed by atoms with E-state index < -0.39 is 24.1 Å². The molecule has 2 aromatic carbocycles. The lowest BCUT2D eigenvalue weighted by atomic mass is 9.96. The second-order valence-electron chi connectivity index (χ2n) is 10.2. The fraction of sp³-hybridized carbons (Fsp3) is 0.379. The molecule has 5 rings (SSSR count). The molecular formula is C29H30F3N5O3. The molecule has 0 radical (unpaired) electrons. The number of piperidine rings is 1. The van der Waals surface area contributed by atoms with E-state index in [1.165, 1.54) is 17.3 Å². The maximum Gasteiger partial charge on any atom is 0.404 e. The molecule has 2 N–H and O–H groups in total. The van der Waals surface area contributed by atoms with Crippen LogP contribution in [0.4, 0.5) is 24.8 Å². The molecule has 40 heavy (non-hydrogen) atoms. The molecule has 2 aliphatic heterocycles. The SMILES string of the molecule is O=C(Nc1cnc(N2CCC(C(=O)O)CC2)cn1)c1ccc(-c2ccccc2)c(CN2CCC[C@H]2C(F)(F)F)c1. The summed E-state index contributed by atoms with van der Waals surface area (Å²) in [7, 11) is 0. The fourth-order valence-corrected chi connectivity index (χ4v) is 5.46. The topological polar surface area (TPSA) is 98.7 Å². The summed E-state index contributed by atoms with van der Waals surface area (Å²) >= 11 is 0. The normalized spacial score (nSPS) is 18.6. The number of alkyl halides is 3. The number of benzene rings is 2. The van der Waals surface area contributed by atoms with Crippen molar-refractivity contribution >= 4 is 23.5 Å². The van der Waals surface area contributed by atoms with Crippen LogP contribution in [-0.2, 0) is 11.3 Å². The summed E-state index contributed by atoms with van der Waals surface area (Å²) in [6, 6.07) is 13.0. The number of aromatic nitrogens is 2. The number of nitrogens with one attached hydrogen (secondary N) is 1. The zero-order chi connectivity index (χ0) is 28.3. The lowest BCUT2D eigenvalue weighted by molar-refractivity contribution is -0.177. The van der Waals surface area contributed by atoms with Crippen LogP contribution < -0.4 is 10.2 Å². The Morgan fingerprint density at radius 2 is 1.73 bits per heavy atom. The predicted octanol–water partition coefficient (Wildman–Crippen LogP) is 5.22. The lowest BCUT2D eigenvalue weighted by Crippen LogP contribution is -2.40. The van der Waals surface area contributed by atoms with E-state index in [9.17, 15) is 27.9 Å². The van der Waals surface area contributed by atoms with E-state index in [1.807, 2.05) is 35.2 Å². The highest BCUT2D eigenvalue weighted by Gasteiger charge is 2.45. The number of rotatable bonds is 7. The standard InChI is InChI=1S/C29H30F3N5O3/c30-29(31,32)24-7-4-12-37(24)18-22-15-21(8-9-23(22)19-5-2-1-3-6-19)27(38)35-25-16-34-26(17-33-25)36-13-10-20(11-14-36)28(39)40/h1-3,5-6,8-9,15-17,20,24H,4,7,10-14,18H2,(H,39,40)(H,33,35,38)/t24-/m0/s1. The maximum absolute atomic E-state index is 13.6. The highest BCUT2D eigenvalue weighted by molar-refractivity contribution is 6.04. The molecule has 0 saturated carbocycles. The summed E-state index contributed by atoms with van der Waals surface area (Å²) in [5.74, 6) is -0.755. The minimum atomic E-state index is -4.31. The number of carboxylic acid groups (broad SMARTS) is 1. The van der Waals surface area contributed by atoms with Crippen molar-refractivity contribution < 1.29 is 27.9 Å². The van der Waals surface area contributed by atoms with Gasteiger partial charge in [-0.3, -0.25) is 14.5 Å². The van der Waals surface area contributed by atoms with Gasteiger partial charge in [0.15, 0.2) is 5.82 Å². The Balaban J connectivity index is 1.32. The average Bonchev–Trinajstić information content (AvgIpc) is 3.43. The quantitative estimate of drug-likeness (QED) is 0.414. The highest BCUT2D eigenvalue weighted by atomic mass is 19.4. The number of amides is 1. The van der Waals surface area contributed by atoms with Gasteiger partial charge >= 0.3 is 12.1 Å². The number of anilines is 2. The molecule has 0 bridgehead atoms. The van der Waals surface area contributed by atoms with Crippen LogP contribution in [0.5, 0.6) is 0 Å². The Hall–Kier alpha value is -3.99. The van der Waals surface area contributed by atoms with Crippen LogP contribution in [0.2, 0.25) is 0 Å². The number of halogens is 3. The molecule has 2 fully saturated rings. The summed E-state index contributed by atoms with van der Waals surface area (Å²) in [5, 5.41) is 11.9. The third-order valence-corrected chi connectivity index (χ3v) is 7.62. The van der Waals surface area contributed by atoms with Gasteiger partial charge in [-0.2, -0.15) is 13.2 Å². The molecule has 2 aliphatic rings. The zero-order valence-corrected chi connectivity index (χ0v) is 21.8. The molecule has 2 saturated heterocycles. The number of hydrogen-bond donors (Lipinski definition) is 2. The first-order valence-corrected chi connectivity index (χ1v) is 13.3. The van der Waals surface area contributed by atoms with Crippen LogP contribution in [0.1, 0.15) is 41.6 Å². The molecule has 0 spiro atoms. The van der Waals surface area contributed by atoms with Crippen molar-refractivity contribution in [2.24, 2.45) is 5.92 Å². The van der Waals surface area contributed by atoms with E-state index in [1.54, 1.807) is 18.2 Å². The molecule has 11 heteroatoms. The summed E-state index contributed by atoms with van der Waals surface area (Å²) in [6.45, 7) is 1.52. The molecule has 3 heterocycles. The maximum atomic E-state index is 13.6. The minimum absolute atomic E-state index is 0.0661. The third kappa shape index (κ3) is 6.25. The van der Waals surface area contributed by atoms with E-state index in [0.717, 1.165) is 11.1 Å². The number of carboxylic acids is 1. The number of carbonyl (C=O) groups excluding carboxylic acids is 1. The Morgan fingerprint density at radius 3 is 2.38 bits per heavy atom. The van der Waals surface area contributed by atoms with Gasteiger partial charge in [0.25, 0.3) is 5.91 Å². The number of hydrogen-bond acceptors (Lipinski definition) is 6. The number of carbonyl (C=O) groups is 2. The van der Waals surface area contributed by atoms with Crippen molar-refractivity contribution in [2.75, 3.05) is 29.9 Å². The number of likely N-dealkylation sites (tertiary alicyclic amines) is 1. The van der Waals surface area contributed by atoms with Crippen molar-refractivity contribution in [3.8, 4) is 11.1 Å². The Bertz CT molecular complexity index is 1340. The van der Waals surface area contributed by atoms with Gasteiger partial charge in [-0.1, -0.05) is 36.4 Å². The first kappa shape index (κ1) is 27.6. The van der Waals surface area contributed by atoms with Crippen molar-refractivity contribution in [3.05, 3.63) is 72.1 Å². The van der Waals surface area contributed by atoms with Gasteiger partial charge in [-0.15, -0.1) is 0 Å². The summed E-state index contributed by atoms with van der Waals surface area (Å²) in [4.78, 5) is 36.4. The number of nitrogens with zero attached hydrogens (tertiary/aromatic N) is 4. The highest BCUT2D eigenvalue weighted by Crippen LogP contribution is 2.35. The minimum Gasteiger partial charge on any atom is -0.481 e. The van der Waals surface area contributed by atoms with E-state index in [-0.39, 0.29) is 24.7 Å². The molecule has 1 atom stereocenters. The van der Waals surface area contributed by atoms with E-state index in [2.05, 4.69) is 15.3 Å². The summed E-state index contributed by atoms with van der Waals surface area (Å²) < 4.78 is 40.9. The van der Waals surface area contributed by atoms with Crippen LogP contribution in [0.3, 0.4) is 0 Å². The van der Waals surface area contributed by atoms with Crippen molar-refractivity contribution in [3.63, 3.8) is 0 Å². The van der Waals surface area contributed by atoms with Crippen LogP contribution in [0, 0.1) is 5.92 Å². The fourth-order valence-electron chi connectivity index (χ4n) is 5.46. The largest absolute Gasteiger partial charge is 0.481 e. The third-order valence-electron chi connectivity index (χ3n) is 7.62. The monoisotopic (exact) mass is 553 g/mol. The summed E-state index contributed by atoms with van der Waals surface area (Å²) in [6.07, 6.45) is 0.248. The summed E-state index contributed by atoms with van der Waals surface area (Å²) in [5.41, 5.74) is 2.59. The second-order valence-corrected chi connectivity index (χ2v) is 10.2. The van der Waals surface area contributed by atoms with Gasteiger partial charge in [-0.25, -0.2) is 9.97 Å².